The van der Waals surface area contributed by atoms with Crippen molar-refractivity contribution in [3.63, 3.8) is 0 Å². The first-order valence-electron chi connectivity index (χ1n) is 7.17. The third-order valence-corrected chi connectivity index (χ3v) is 5.02. The fraction of sp³-hybridized carbons (Fsp3) is 0.533. The molecule has 0 atom stereocenters. The Morgan fingerprint density at radius 2 is 1.95 bits per heavy atom. The highest BCUT2D eigenvalue weighted by molar-refractivity contribution is 7.90. The third-order valence-electron chi connectivity index (χ3n) is 3.91. The van der Waals surface area contributed by atoms with Gasteiger partial charge in [-0.3, -0.25) is 4.79 Å². The standard InChI is InChI=1S/C15H22N2O3S/c1-21(19,20)13-7-5-6-12(10-13)17-14(18)11-15(16)8-3-2-4-9-15/h5-7,10H,2-4,8-9,11,16H2,1H3,(H,17,18). The summed E-state index contributed by atoms with van der Waals surface area (Å²) in [6.45, 7) is 0. The highest BCUT2D eigenvalue weighted by Crippen LogP contribution is 2.29. The van der Waals surface area contributed by atoms with Crippen molar-refractivity contribution in [3.05, 3.63) is 24.3 Å². The van der Waals surface area contributed by atoms with Crippen molar-refractivity contribution in [3.8, 4) is 0 Å². The largest absolute Gasteiger partial charge is 0.326 e. The van der Waals surface area contributed by atoms with Gasteiger partial charge in [-0.1, -0.05) is 25.3 Å². The van der Waals surface area contributed by atoms with E-state index in [9.17, 15) is 13.2 Å². The van der Waals surface area contributed by atoms with Crippen LogP contribution in [0, 0.1) is 0 Å². The molecule has 1 aliphatic rings. The van der Waals surface area contributed by atoms with Crippen molar-refractivity contribution >= 4 is 21.4 Å². The topological polar surface area (TPSA) is 89.3 Å². The number of anilines is 1. The van der Waals surface area contributed by atoms with E-state index in [1.165, 1.54) is 18.6 Å². The molecule has 1 amide bonds. The summed E-state index contributed by atoms with van der Waals surface area (Å²) >= 11 is 0. The smallest absolute Gasteiger partial charge is 0.226 e. The lowest BCUT2D eigenvalue weighted by atomic mass is 9.80. The molecule has 21 heavy (non-hydrogen) atoms. The second-order valence-electron chi connectivity index (χ2n) is 5.95. The molecule has 5 nitrogen and oxygen atoms in total. The van der Waals surface area contributed by atoms with Crippen LogP contribution in [0.4, 0.5) is 5.69 Å². The number of rotatable bonds is 4. The van der Waals surface area contributed by atoms with Crippen LogP contribution in [-0.4, -0.2) is 26.1 Å². The van der Waals surface area contributed by atoms with E-state index in [-0.39, 0.29) is 17.2 Å². The minimum absolute atomic E-state index is 0.162. The second kappa shape index (κ2) is 6.15. The van der Waals surface area contributed by atoms with Crippen molar-refractivity contribution in [2.24, 2.45) is 5.73 Å². The normalized spacial score (nSPS) is 18.2. The Labute approximate surface area is 125 Å². The Kier molecular flexibility index (Phi) is 4.68. The van der Waals surface area contributed by atoms with Crippen LogP contribution in [0.25, 0.3) is 0 Å². The number of nitrogens with one attached hydrogen (secondary N) is 1. The van der Waals surface area contributed by atoms with Crippen LogP contribution in [0.5, 0.6) is 0 Å². The molecular formula is C15H22N2O3S. The van der Waals surface area contributed by atoms with E-state index in [0.29, 0.717) is 5.69 Å². The molecule has 0 aromatic heterocycles. The Morgan fingerprint density at radius 3 is 2.57 bits per heavy atom. The first kappa shape index (κ1) is 16.0. The molecule has 0 saturated heterocycles. The molecule has 3 N–H and O–H groups in total. The Balaban J connectivity index is 2.03. The summed E-state index contributed by atoms with van der Waals surface area (Å²) in [5.41, 5.74) is 6.32. The lowest BCUT2D eigenvalue weighted by Crippen LogP contribution is -2.44. The Bertz CT molecular complexity index is 620. The molecule has 0 unspecified atom stereocenters. The first-order valence-corrected chi connectivity index (χ1v) is 9.07. The van der Waals surface area contributed by atoms with Gasteiger partial charge in [0.15, 0.2) is 9.84 Å². The average molecular weight is 310 g/mol. The van der Waals surface area contributed by atoms with E-state index in [1.54, 1.807) is 12.1 Å². The van der Waals surface area contributed by atoms with Gasteiger partial charge < -0.3 is 11.1 Å². The lowest BCUT2D eigenvalue weighted by Gasteiger charge is -2.32. The zero-order valence-electron chi connectivity index (χ0n) is 12.3. The minimum atomic E-state index is -3.28. The Morgan fingerprint density at radius 1 is 1.29 bits per heavy atom. The van der Waals surface area contributed by atoms with Crippen LogP contribution in [0.15, 0.2) is 29.2 Å². The highest BCUT2D eigenvalue weighted by atomic mass is 32.2. The predicted octanol–water partition coefficient (Wildman–Crippen LogP) is 2.08. The number of carbonyl (C=O) groups is 1. The van der Waals surface area contributed by atoms with E-state index in [1.807, 2.05) is 0 Å². The molecule has 0 heterocycles. The van der Waals surface area contributed by atoms with Crippen molar-refractivity contribution in [1.82, 2.24) is 0 Å². The third kappa shape index (κ3) is 4.54. The highest BCUT2D eigenvalue weighted by Gasteiger charge is 2.30. The van der Waals surface area contributed by atoms with E-state index < -0.39 is 15.4 Å². The molecule has 1 aromatic carbocycles. The van der Waals surface area contributed by atoms with Gasteiger partial charge in [0.1, 0.15) is 0 Å². The van der Waals surface area contributed by atoms with E-state index in [0.717, 1.165) is 31.9 Å². The molecule has 1 fully saturated rings. The van der Waals surface area contributed by atoms with Crippen LogP contribution in [-0.2, 0) is 14.6 Å². The van der Waals surface area contributed by atoms with Crippen molar-refractivity contribution in [2.45, 2.75) is 49.0 Å². The second-order valence-corrected chi connectivity index (χ2v) is 7.96. The van der Waals surface area contributed by atoms with Crippen LogP contribution in [0.2, 0.25) is 0 Å². The number of sulfone groups is 1. The van der Waals surface area contributed by atoms with Gasteiger partial charge in [0.2, 0.25) is 5.91 Å². The molecule has 0 bridgehead atoms. The van der Waals surface area contributed by atoms with Gasteiger partial charge >= 0.3 is 0 Å². The van der Waals surface area contributed by atoms with Gasteiger partial charge in [0.25, 0.3) is 0 Å². The number of hydrogen-bond donors (Lipinski definition) is 2. The number of amides is 1. The maximum Gasteiger partial charge on any atom is 0.226 e. The van der Waals surface area contributed by atoms with Crippen LogP contribution in [0.3, 0.4) is 0 Å². The number of nitrogens with two attached hydrogens (primary N) is 1. The van der Waals surface area contributed by atoms with Gasteiger partial charge in [-0.05, 0) is 31.0 Å². The average Bonchev–Trinajstić information content (AvgIpc) is 2.38. The first-order chi connectivity index (χ1) is 9.78. The SMILES string of the molecule is CS(=O)(=O)c1cccc(NC(=O)CC2(N)CCCCC2)c1. The maximum absolute atomic E-state index is 12.1. The van der Waals surface area contributed by atoms with Crippen LogP contribution in [0.1, 0.15) is 38.5 Å². The summed E-state index contributed by atoms with van der Waals surface area (Å²) in [7, 11) is -3.28. The lowest BCUT2D eigenvalue weighted by molar-refractivity contribution is -0.117. The zero-order chi connectivity index (χ0) is 15.5. The van der Waals surface area contributed by atoms with Gasteiger partial charge in [-0.2, -0.15) is 0 Å². The summed E-state index contributed by atoms with van der Waals surface area (Å²) in [6.07, 6.45) is 6.45. The fourth-order valence-electron chi connectivity index (χ4n) is 2.76. The van der Waals surface area contributed by atoms with Gasteiger partial charge in [0.05, 0.1) is 4.90 Å². The van der Waals surface area contributed by atoms with Crippen LogP contribution < -0.4 is 11.1 Å². The van der Waals surface area contributed by atoms with Crippen molar-refractivity contribution in [1.29, 1.82) is 0 Å². The molecule has 6 heteroatoms. The Hall–Kier alpha value is -1.40. The van der Waals surface area contributed by atoms with Crippen molar-refractivity contribution < 1.29 is 13.2 Å². The molecule has 1 aliphatic carbocycles. The summed E-state index contributed by atoms with van der Waals surface area (Å²) < 4.78 is 23.0. The minimum Gasteiger partial charge on any atom is -0.326 e. The number of carbonyl (C=O) groups excluding carboxylic acids is 1. The monoisotopic (exact) mass is 310 g/mol. The van der Waals surface area contributed by atoms with Crippen molar-refractivity contribution in [2.75, 3.05) is 11.6 Å². The fourth-order valence-corrected chi connectivity index (χ4v) is 3.43. The summed E-state index contributed by atoms with van der Waals surface area (Å²) in [5.74, 6) is -0.162. The van der Waals surface area contributed by atoms with Gasteiger partial charge in [0, 0.05) is 23.9 Å². The van der Waals surface area contributed by atoms with E-state index >= 15 is 0 Å². The van der Waals surface area contributed by atoms with E-state index in [4.69, 9.17) is 5.73 Å². The molecular weight excluding hydrogens is 288 g/mol. The predicted molar refractivity (Wildman–Crippen MR) is 82.8 cm³/mol. The molecule has 2 rings (SSSR count). The quantitative estimate of drug-likeness (QED) is 0.891. The summed E-state index contributed by atoms with van der Waals surface area (Å²) in [4.78, 5) is 12.3. The number of benzene rings is 1. The molecule has 0 radical (unpaired) electrons. The van der Waals surface area contributed by atoms with Crippen LogP contribution >= 0.6 is 0 Å². The molecule has 116 valence electrons. The number of hydrogen-bond acceptors (Lipinski definition) is 4. The van der Waals surface area contributed by atoms with Gasteiger partial charge in [-0.25, -0.2) is 8.42 Å². The molecule has 1 saturated carbocycles. The molecule has 0 aliphatic heterocycles. The maximum atomic E-state index is 12.1. The van der Waals surface area contributed by atoms with Gasteiger partial charge in [-0.15, -0.1) is 0 Å². The zero-order valence-corrected chi connectivity index (χ0v) is 13.1. The molecule has 0 spiro atoms. The summed E-state index contributed by atoms with van der Waals surface area (Å²) in [5, 5.41) is 2.74. The van der Waals surface area contributed by atoms with E-state index in [2.05, 4.69) is 5.32 Å². The molecule has 1 aromatic rings. The summed E-state index contributed by atoms with van der Waals surface area (Å²) in [6, 6.07) is 6.27.